The average Bonchev–Trinajstić information content (AvgIpc) is 3.09. The first-order chi connectivity index (χ1) is 10.4. The largest absolute Gasteiger partial charge is 0.454 e. The maximum Gasteiger partial charge on any atom is 0.286 e. The number of aliphatic hydroxyl groups excluding tert-OH is 1. The van der Waals surface area contributed by atoms with Gasteiger partial charge in [0.15, 0.2) is 5.76 Å². The Balaban J connectivity index is 1.82. The summed E-state index contributed by atoms with van der Waals surface area (Å²) in [7, 11) is 0. The molecule has 1 amide bonds. The van der Waals surface area contributed by atoms with Crippen LogP contribution >= 0.6 is 0 Å². The van der Waals surface area contributed by atoms with Crippen LogP contribution in [-0.4, -0.2) is 33.4 Å². The number of furan rings is 1. The van der Waals surface area contributed by atoms with Gasteiger partial charge in [0.1, 0.15) is 5.76 Å². The van der Waals surface area contributed by atoms with E-state index in [1.54, 1.807) is 23.0 Å². The highest BCUT2D eigenvalue weighted by Gasteiger charge is 2.22. The number of carbonyl (C=O) groups excluding carboxylic acids is 1. The quantitative estimate of drug-likeness (QED) is 0.856. The minimum atomic E-state index is -0.459. The number of nitrogens with zero attached hydrogens (tertiary/aromatic N) is 2. The van der Waals surface area contributed by atoms with Crippen LogP contribution in [0.5, 0.6) is 0 Å². The number of aromatic nitrogens is 2. The lowest BCUT2D eigenvalue weighted by molar-refractivity contribution is 0.0549. The monoisotopic (exact) mass is 305 g/mol. The SMILES string of the molecule is CC(C)(C)C(O)CCNC(=O)c1ccc(Cn2cccn2)o1. The second kappa shape index (κ2) is 6.79. The van der Waals surface area contributed by atoms with Crippen LogP contribution in [0.3, 0.4) is 0 Å². The molecule has 0 bridgehead atoms. The normalized spacial score (nSPS) is 13.1. The van der Waals surface area contributed by atoms with E-state index in [4.69, 9.17) is 4.42 Å². The molecule has 120 valence electrons. The number of amides is 1. The molecule has 2 heterocycles. The van der Waals surface area contributed by atoms with Gasteiger partial charge in [0.2, 0.25) is 0 Å². The van der Waals surface area contributed by atoms with E-state index in [1.165, 1.54) is 0 Å². The van der Waals surface area contributed by atoms with Gasteiger partial charge in [0.25, 0.3) is 5.91 Å². The Kier molecular flexibility index (Phi) is 5.03. The van der Waals surface area contributed by atoms with Gasteiger partial charge in [-0.25, -0.2) is 0 Å². The molecule has 2 aromatic rings. The van der Waals surface area contributed by atoms with E-state index >= 15 is 0 Å². The van der Waals surface area contributed by atoms with Crippen LogP contribution in [0.1, 0.15) is 43.5 Å². The molecular weight excluding hydrogens is 282 g/mol. The number of rotatable bonds is 6. The zero-order valence-corrected chi connectivity index (χ0v) is 13.2. The summed E-state index contributed by atoms with van der Waals surface area (Å²) in [6.45, 7) is 6.80. The van der Waals surface area contributed by atoms with E-state index in [2.05, 4.69) is 10.4 Å². The Hall–Kier alpha value is -2.08. The summed E-state index contributed by atoms with van der Waals surface area (Å²) >= 11 is 0. The van der Waals surface area contributed by atoms with Gasteiger partial charge in [-0.1, -0.05) is 20.8 Å². The second-order valence-corrected chi connectivity index (χ2v) is 6.40. The fourth-order valence-electron chi connectivity index (χ4n) is 1.98. The predicted octanol–water partition coefficient (Wildman–Crippen LogP) is 2.05. The lowest BCUT2D eigenvalue weighted by Gasteiger charge is -2.25. The van der Waals surface area contributed by atoms with Crippen LogP contribution in [0.25, 0.3) is 0 Å². The van der Waals surface area contributed by atoms with Crippen molar-refractivity contribution in [3.63, 3.8) is 0 Å². The van der Waals surface area contributed by atoms with Gasteiger partial charge in [-0.2, -0.15) is 5.10 Å². The van der Waals surface area contributed by atoms with Crippen molar-refractivity contribution < 1.29 is 14.3 Å². The molecule has 0 aromatic carbocycles. The number of hydrogen-bond donors (Lipinski definition) is 2. The van der Waals surface area contributed by atoms with Crippen molar-refractivity contribution in [3.05, 3.63) is 42.1 Å². The summed E-state index contributed by atoms with van der Waals surface area (Å²) in [5, 5.41) is 16.8. The Morgan fingerprint density at radius 2 is 2.23 bits per heavy atom. The van der Waals surface area contributed by atoms with E-state index < -0.39 is 6.10 Å². The molecule has 2 rings (SSSR count). The van der Waals surface area contributed by atoms with Crippen LogP contribution < -0.4 is 5.32 Å². The molecule has 1 unspecified atom stereocenters. The highest BCUT2D eigenvalue weighted by Crippen LogP contribution is 2.21. The Labute approximate surface area is 130 Å². The molecule has 0 spiro atoms. The molecule has 0 aliphatic rings. The van der Waals surface area contributed by atoms with Gasteiger partial charge in [-0.15, -0.1) is 0 Å². The fraction of sp³-hybridized carbons (Fsp3) is 0.500. The topological polar surface area (TPSA) is 80.3 Å². The average molecular weight is 305 g/mol. The molecule has 0 radical (unpaired) electrons. The van der Waals surface area contributed by atoms with E-state index in [0.717, 1.165) is 0 Å². The third kappa shape index (κ3) is 4.46. The van der Waals surface area contributed by atoms with Gasteiger partial charge >= 0.3 is 0 Å². The molecule has 0 aliphatic heterocycles. The molecule has 0 saturated heterocycles. The summed E-state index contributed by atoms with van der Waals surface area (Å²) < 4.78 is 7.23. The number of aliphatic hydroxyl groups is 1. The third-order valence-corrected chi connectivity index (χ3v) is 3.47. The summed E-state index contributed by atoms with van der Waals surface area (Å²) in [6, 6.07) is 5.24. The van der Waals surface area contributed by atoms with E-state index in [0.29, 0.717) is 25.3 Å². The summed E-state index contributed by atoms with van der Waals surface area (Å²) in [5.74, 6) is 0.670. The Morgan fingerprint density at radius 3 is 2.86 bits per heavy atom. The van der Waals surface area contributed by atoms with Gasteiger partial charge < -0.3 is 14.8 Å². The van der Waals surface area contributed by atoms with Crippen molar-refractivity contribution >= 4 is 5.91 Å². The van der Waals surface area contributed by atoms with Gasteiger partial charge in [-0.05, 0) is 30.0 Å². The first kappa shape index (κ1) is 16.3. The smallest absolute Gasteiger partial charge is 0.286 e. The first-order valence-electron chi connectivity index (χ1n) is 7.38. The van der Waals surface area contributed by atoms with Crippen molar-refractivity contribution in [3.8, 4) is 0 Å². The Bertz CT molecular complexity index is 596. The van der Waals surface area contributed by atoms with Gasteiger partial charge in [0.05, 0.1) is 12.6 Å². The van der Waals surface area contributed by atoms with Crippen LogP contribution in [0, 0.1) is 5.41 Å². The summed E-state index contributed by atoms with van der Waals surface area (Å²) in [4.78, 5) is 12.0. The molecule has 22 heavy (non-hydrogen) atoms. The zero-order chi connectivity index (χ0) is 16.2. The maximum absolute atomic E-state index is 12.0. The van der Waals surface area contributed by atoms with Crippen LogP contribution in [0.2, 0.25) is 0 Å². The van der Waals surface area contributed by atoms with Gasteiger partial charge in [0, 0.05) is 18.9 Å². The van der Waals surface area contributed by atoms with Gasteiger partial charge in [-0.3, -0.25) is 9.48 Å². The standard InChI is InChI=1S/C16H23N3O3/c1-16(2,3)14(20)7-9-17-15(21)13-6-5-12(22-13)11-19-10-4-8-18-19/h4-6,8,10,14,20H,7,9,11H2,1-3H3,(H,17,21). The molecule has 0 fully saturated rings. The predicted molar refractivity (Wildman–Crippen MR) is 82.4 cm³/mol. The summed E-state index contributed by atoms with van der Waals surface area (Å²) in [5.41, 5.74) is -0.188. The van der Waals surface area contributed by atoms with Crippen molar-refractivity contribution in [1.29, 1.82) is 0 Å². The first-order valence-corrected chi connectivity index (χ1v) is 7.38. The van der Waals surface area contributed by atoms with Crippen LogP contribution in [0.4, 0.5) is 0 Å². The molecule has 2 N–H and O–H groups in total. The number of hydrogen-bond acceptors (Lipinski definition) is 4. The minimum absolute atomic E-state index is 0.188. The molecule has 0 saturated carbocycles. The van der Waals surface area contributed by atoms with Crippen molar-refractivity contribution in [2.24, 2.45) is 5.41 Å². The number of nitrogens with one attached hydrogen (secondary N) is 1. The zero-order valence-electron chi connectivity index (χ0n) is 13.2. The summed E-state index contributed by atoms with van der Waals surface area (Å²) in [6.07, 6.45) is 3.57. The number of carbonyl (C=O) groups is 1. The van der Waals surface area contributed by atoms with Crippen molar-refractivity contribution in [2.45, 2.75) is 39.8 Å². The fourth-order valence-corrected chi connectivity index (χ4v) is 1.98. The van der Waals surface area contributed by atoms with Crippen LogP contribution in [-0.2, 0) is 6.54 Å². The lowest BCUT2D eigenvalue weighted by Crippen LogP contribution is -2.32. The minimum Gasteiger partial charge on any atom is -0.454 e. The molecule has 2 aromatic heterocycles. The van der Waals surface area contributed by atoms with Crippen molar-refractivity contribution in [2.75, 3.05) is 6.54 Å². The molecular formula is C16H23N3O3. The third-order valence-electron chi connectivity index (χ3n) is 3.47. The highest BCUT2D eigenvalue weighted by molar-refractivity contribution is 5.91. The Morgan fingerprint density at radius 1 is 1.45 bits per heavy atom. The van der Waals surface area contributed by atoms with Crippen molar-refractivity contribution in [1.82, 2.24) is 15.1 Å². The van der Waals surface area contributed by atoms with E-state index in [1.807, 2.05) is 33.0 Å². The molecule has 0 aliphatic carbocycles. The van der Waals surface area contributed by atoms with E-state index in [-0.39, 0.29) is 17.1 Å². The lowest BCUT2D eigenvalue weighted by atomic mass is 9.87. The van der Waals surface area contributed by atoms with E-state index in [9.17, 15) is 9.90 Å². The maximum atomic E-state index is 12.0. The second-order valence-electron chi connectivity index (χ2n) is 6.40. The highest BCUT2D eigenvalue weighted by atomic mass is 16.4. The molecule has 6 heteroatoms. The molecule has 6 nitrogen and oxygen atoms in total. The van der Waals surface area contributed by atoms with Crippen LogP contribution in [0.15, 0.2) is 35.0 Å². The molecule has 1 atom stereocenters.